The highest BCUT2D eigenvalue weighted by Gasteiger charge is 1.96. The fourth-order valence-corrected chi connectivity index (χ4v) is 1.94. The number of aromatic nitrogens is 1. The van der Waals surface area contributed by atoms with Crippen LogP contribution in [-0.4, -0.2) is 18.6 Å². The van der Waals surface area contributed by atoms with E-state index in [-0.39, 0.29) is 0 Å². The molecule has 0 aliphatic carbocycles. The maximum atomic E-state index is 4.18. The van der Waals surface area contributed by atoms with Crippen LogP contribution in [0.5, 0.6) is 0 Å². The lowest BCUT2D eigenvalue weighted by molar-refractivity contribution is 0.787. The summed E-state index contributed by atoms with van der Waals surface area (Å²) in [5.74, 6) is 0. The fraction of sp³-hybridized carbons (Fsp3) is 0.500. The highest BCUT2D eigenvalue weighted by molar-refractivity contribution is 9.11. The van der Waals surface area contributed by atoms with Crippen LogP contribution < -0.4 is 5.32 Å². The molecule has 0 saturated heterocycles. The number of halogens is 1. The standard InChI is InChI=1S/C6H9BrN2S/c1-8-3-2-6-9-4-5(7)10-6/h4,8H,2-3H2,1H3. The number of likely N-dealkylation sites (N-methyl/N-ethyl adjacent to an activating group) is 1. The highest BCUT2D eigenvalue weighted by atomic mass is 79.9. The molecule has 10 heavy (non-hydrogen) atoms. The van der Waals surface area contributed by atoms with Crippen LogP contribution in [0, 0.1) is 0 Å². The van der Waals surface area contributed by atoms with Crippen molar-refractivity contribution in [1.82, 2.24) is 10.3 Å². The van der Waals surface area contributed by atoms with Gasteiger partial charge in [-0.1, -0.05) is 0 Å². The van der Waals surface area contributed by atoms with E-state index in [1.54, 1.807) is 11.3 Å². The first-order valence-electron chi connectivity index (χ1n) is 3.07. The van der Waals surface area contributed by atoms with Crippen LogP contribution >= 0.6 is 27.3 Å². The Bertz CT molecular complexity index is 199. The van der Waals surface area contributed by atoms with E-state index in [9.17, 15) is 0 Å². The molecule has 4 heteroatoms. The van der Waals surface area contributed by atoms with Gasteiger partial charge in [0.1, 0.15) is 0 Å². The lowest BCUT2D eigenvalue weighted by Gasteiger charge is -1.91. The molecule has 1 heterocycles. The Morgan fingerprint density at radius 1 is 1.80 bits per heavy atom. The minimum atomic E-state index is 1.000. The molecular formula is C6H9BrN2S. The lowest BCUT2D eigenvalue weighted by Crippen LogP contribution is -2.09. The molecule has 0 unspecified atom stereocenters. The van der Waals surface area contributed by atoms with Gasteiger partial charge < -0.3 is 5.32 Å². The Kier molecular flexibility index (Phi) is 3.31. The Morgan fingerprint density at radius 3 is 3.10 bits per heavy atom. The third-order valence-corrected chi connectivity index (χ3v) is 2.65. The van der Waals surface area contributed by atoms with E-state index >= 15 is 0 Å². The van der Waals surface area contributed by atoms with E-state index < -0.39 is 0 Å². The average molecular weight is 221 g/mol. The topological polar surface area (TPSA) is 24.9 Å². The SMILES string of the molecule is CNCCc1ncc(Br)s1. The van der Waals surface area contributed by atoms with Crippen molar-refractivity contribution < 1.29 is 0 Å². The predicted octanol–water partition coefficient (Wildman–Crippen LogP) is 1.67. The first kappa shape index (κ1) is 8.17. The van der Waals surface area contributed by atoms with E-state index in [4.69, 9.17) is 0 Å². The predicted molar refractivity (Wildman–Crippen MR) is 47.4 cm³/mol. The van der Waals surface area contributed by atoms with Gasteiger partial charge in [0.05, 0.1) is 15.0 Å². The summed E-state index contributed by atoms with van der Waals surface area (Å²) in [6.45, 7) is 1.000. The minimum Gasteiger partial charge on any atom is -0.319 e. The van der Waals surface area contributed by atoms with Gasteiger partial charge in [-0.15, -0.1) is 11.3 Å². The summed E-state index contributed by atoms with van der Waals surface area (Å²) in [7, 11) is 1.95. The van der Waals surface area contributed by atoms with Crippen molar-refractivity contribution in [3.8, 4) is 0 Å². The van der Waals surface area contributed by atoms with Gasteiger partial charge in [-0.2, -0.15) is 0 Å². The second-order valence-electron chi connectivity index (χ2n) is 1.91. The van der Waals surface area contributed by atoms with Crippen LogP contribution in [0.2, 0.25) is 0 Å². The molecule has 1 aromatic heterocycles. The van der Waals surface area contributed by atoms with Crippen LogP contribution in [-0.2, 0) is 6.42 Å². The quantitative estimate of drug-likeness (QED) is 0.839. The lowest BCUT2D eigenvalue weighted by atomic mass is 10.4. The number of hydrogen-bond donors (Lipinski definition) is 1. The van der Waals surface area contributed by atoms with Gasteiger partial charge in [0.15, 0.2) is 0 Å². The second kappa shape index (κ2) is 4.05. The zero-order valence-corrected chi connectivity index (χ0v) is 8.13. The summed E-state index contributed by atoms with van der Waals surface area (Å²) in [5.41, 5.74) is 0. The van der Waals surface area contributed by atoms with Crippen molar-refractivity contribution in [2.45, 2.75) is 6.42 Å². The van der Waals surface area contributed by atoms with Gasteiger partial charge in [-0.25, -0.2) is 4.98 Å². The van der Waals surface area contributed by atoms with Crippen molar-refractivity contribution in [3.05, 3.63) is 15.0 Å². The smallest absolute Gasteiger partial charge is 0.0949 e. The normalized spacial score (nSPS) is 10.2. The maximum absolute atomic E-state index is 4.18. The van der Waals surface area contributed by atoms with Gasteiger partial charge in [0.2, 0.25) is 0 Å². The molecule has 0 fully saturated rings. The third kappa shape index (κ3) is 2.36. The molecule has 0 spiro atoms. The van der Waals surface area contributed by atoms with Crippen molar-refractivity contribution in [3.63, 3.8) is 0 Å². The first-order valence-corrected chi connectivity index (χ1v) is 4.68. The monoisotopic (exact) mass is 220 g/mol. The van der Waals surface area contributed by atoms with Crippen molar-refractivity contribution in [2.24, 2.45) is 0 Å². The molecule has 0 radical (unpaired) electrons. The summed E-state index contributed by atoms with van der Waals surface area (Å²) in [6, 6.07) is 0. The molecule has 0 amide bonds. The average Bonchev–Trinajstić information content (AvgIpc) is 2.31. The van der Waals surface area contributed by atoms with Gasteiger partial charge in [0, 0.05) is 13.0 Å². The molecule has 0 saturated carbocycles. The molecule has 0 bridgehead atoms. The highest BCUT2D eigenvalue weighted by Crippen LogP contribution is 2.18. The fourth-order valence-electron chi connectivity index (χ4n) is 0.636. The molecule has 1 N–H and O–H groups in total. The summed E-state index contributed by atoms with van der Waals surface area (Å²) in [4.78, 5) is 4.18. The van der Waals surface area contributed by atoms with Gasteiger partial charge in [-0.3, -0.25) is 0 Å². The number of nitrogens with zero attached hydrogens (tertiary/aromatic N) is 1. The van der Waals surface area contributed by atoms with Crippen LogP contribution in [0.25, 0.3) is 0 Å². The Balaban J connectivity index is 2.42. The molecule has 56 valence electrons. The Labute approximate surface area is 72.8 Å². The maximum Gasteiger partial charge on any atom is 0.0949 e. The summed E-state index contributed by atoms with van der Waals surface area (Å²) < 4.78 is 1.11. The third-order valence-electron chi connectivity index (χ3n) is 1.11. The van der Waals surface area contributed by atoms with E-state index in [1.165, 1.54) is 5.01 Å². The number of hydrogen-bond acceptors (Lipinski definition) is 3. The Hall–Kier alpha value is 0.0700. The minimum absolute atomic E-state index is 1.000. The summed E-state index contributed by atoms with van der Waals surface area (Å²) >= 11 is 5.05. The molecule has 0 aliphatic rings. The summed E-state index contributed by atoms with van der Waals surface area (Å²) in [6.07, 6.45) is 2.86. The van der Waals surface area contributed by atoms with Crippen LogP contribution in [0.1, 0.15) is 5.01 Å². The van der Waals surface area contributed by atoms with Crippen LogP contribution in [0.15, 0.2) is 9.98 Å². The molecule has 0 aliphatic heterocycles. The van der Waals surface area contributed by atoms with E-state index in [0.717, 1.165) is 16.8 Å². The van der Waals surface area contributed by atoms with Crippen molar-refractivity contribution in [2.75, 3.05) is 13.6 Å². The molecule has 2 nitrogen and oxygen atoms in total. The number of rotatable bonds is 3. The van der Waals surface area contributed by atoms with E-state index in [0.29, 0.717) is 0 Å². The van der Waals surface area contributed by atoms with E-state index in [1.807, 2.05) is 13.2 Å². The summed E-state index contributed by atoms with van der Waals surface area (Å²) in [5, 5.41) is 4.26. The van der Waals surface area contributed by atoms with E-state index in [2.05, 4.69) is 26.2 Å². The van der Waals surface area contributed by atoms with Crippen molar-refractivity contribution in [1.29, 1.82) is 0 Å². The zero-order valence-electron chi connectivity index (χ0n) is 5.72. The Morgan fingerprint density at radius 2 is 2.60 bits per heavy atom. The number of thiazole rings is 1. The molecule has 1 aromatic rings. The zero-order chi connectivity index (χ0) is 7.40. The van der Waals surface area contributed by atoms with Crippen LogP contribution in [0.3, 0.4) is 0 Å². The van der Waals surface area contributed by atoms with Crippen LogP contribution in [0.4, 0.5) is 0 Å². The second-order valence-corrected chi connectivity index (χ2v) is 4.41. The molecular weight excluding hydrogens is 212 g/mol. The number of nitrogens with one attached hydrogen (secondary N) is 1. The molecule has 0 atom stereocenters. The largest absolute Gasteiger partial charge is 0.319 e. The van der Waals surface area contributed by atoms with Gasteiger partial charge in [-0.05, 0) is 23.0 Å². The van der Waals surface area contributed by atoms with Gasteiger partial charge >= 0.3 is 0 Å². The van der Waals surface area contributed by atoms with Crippen molar-refractivity contribution >= 4 is 27.3 Å². The first-order chi connectivity index (χ1) is 4.83. The molecule has 0 aromatic carbocycles. The molecule has 1 rings (SSSR count). The van der Waals surface area contributed by atoms with Gasteiger partial charge in [0.25, 0.3) is 0 Å².